The van der Waals surface area contributed by atoms with Gasteiger partial charge >= 0.3 is 5.97 Å². The first-order valence-corrected chi connectivity index (χ1v) is 9.75. The molecule has 1 aliphatic rings. The Balaban J connectivity index is 2.32. The first-order valence-electron chi connectivity index (χ1n) is 9.75. The van der Waals surface area contributed by atoms with Crippen LogP contribution in [0.5, 0.6) is 0 Å². The van der Waals surface area contributed by atoms with Gasteiger partial charge in [0.1, 0.15) is 0 Å². The quantitative estimate of drug-likeness (QED) is 0.377. The minimum atomic E-state index is -0.770. The molecule has 0 unspecified atom stereocenters. The number of allylic oxidation sites excluding steroid dienone is 3. The molecule has 138 valence electrons. The highest BCUT2D eigenvalue weighted by molar-refractivity contribution is 5.67. The maximum Gasteiger partial charge on any atom is 0.305 e. The van der Waals surface area contributed by atoms with Gasteiger partial charge in [0.25, 0.3) is 0 Å². The van der Waals surface area contributed by atoms with Crippen molar-refractivity contribution in [3.05, 3.63) is 23.8 Å². The standard InChI is InChI=1S/C21H36O3/c1-4-5-6-7-8-9-10-11-12-13-17(2)21-18(3)14-15-19(24-21)16-20(22)23/h11-13,18-19,21H,4-10,14-16H2,1-3H3,(H,22,23)/b12-11+,17-13+/t18-,19+,21+/m0/s1. The molecule has 3 nitrogen and oxygen atoms in total. The number of hydrogen-bond acceptors (Lipinski definition) is 2. The van der Waals surface area contributed by atoms with E-state index < -0.39 is 5.97 Å². The van der Waals surface area contributed by atoms with Crippen LogP contribution in [0.3, 0.4) is 0 Å². The Morgan fingerprint density at radius 3 is 2.58 bits per heavy atom. The number of unbranched alkanes of at least 4 members (excludes halogenated alkanes) is 6. The van der Waals surface area contributed by atoms with Crippen LogP contribution in [0, 0.1) is 5.92 Å². The molecule has 3 atom stereocenters. The van der Waals surface area contributed by atoms with E-state index in [-0.39, 0.29) is 18.6 Å². The lowest BCUT2D eigenvalue weighted by molar-refractivity contribution is -0.143. The van der Waals surface area contributed by atoms with Crippen LogP contribution in [-0.4, -0.2) is 23.3 Å². The Bertz CT molecular complexity index is 411. The van der Waals surface area contributed by atoms with Crippen molar-refractivity contribution in [2.24, 2.45) is 5.92 Å². The molecule has 1 heterocycles. The number of carbonyl (C=O) groups is 1. The van der Waals surface area contributed by atoms with Gasteiger partial charge in [0.05, 0.1) is 18.6 Å². The fraction of sp³-hybridized carbons (Fsp3) is 0.762. The number of ether oxygens (including phenoxy) is 1. The summed E-state index contributed by atoms with van der Waals surface area (Å²) >= 11 is 0. The molecule has 1 saturated heterocycles. The van der Waals surface area contributed by atoms with Crippen LogP contribution < -0.4 is 0 Å². The predicted octanol–water partition coefficient (Wildman–Crippen LogP) is 5.90. The molecule has 1 rings (SSSR count). The second-order valence-corrected chi connectivity index (χ2v) is 7.23. The van der Waals surface area contributed by atoms with Crippen LogP contribution in [0.25, 0.3) is 0 Å². The van der Waals surface area contributed by atoms with Crippen LogP contribution in [0.2, 0.25) is 0 Å². The highest BCUT2D eigenvalue weighted by Crippen LogP contribution is 2.30. The van der Waals surface area contributed by atoms with E-state index in [0.717, 1.165) is 19.3 Å². The first kappa shape index (κ1) is 21.0. The molecule has 0 spiro atoms. The van der Waals surface area contributed by atoms with Crippen LogP contribution in [0.15, 0.2) is 23.8 Å². The lowest BCUT2D eigenvalue weighted by Crippen LogP contribution is -2.35. The van der Waals surface area contributed by atoms with E-state index in [1.165, 1.54) is 44.1 Å². The van der Waals surface area contributed by atoms with Crippen molar-refractivity contribution in [3.63, 3.8) is 0 Å². The second kappa shape index (κ2) is 12.3. The minimum absolute atomic E-state index is 0.0572. The maximum atomic E-state index is 10.9. The van der Waals surface area contributed by atoms with Crippen LogP contribution >= 0.6 is 0 Å². The third-order valence-corrected chi connectivity index (χ3v) is 4.87. The number of rotatable bonds is 11. The fourth-order valence-electron chi connectivity index (χ4n) is 3.36. The molecule has 24 heavy (non-hydrogen) atoms. The fourth-order valence-corrected chi connectivity index (χ4v) is 3.36. The third kappa shape index (κ3) is 8.68. The van der Waals surface area contributed by atoms with Crippen LogP contribution in [0.4, 0.5) is 0 Å². The van der Waals surface area contributed by atoms with Crippen molar-refractivity contribution < 1.29 is 14.6 Å². The molecule has 0 aliphatic carbocycles. The molecule has 0 amide bonds. The number of hydrogen-bond donors (Lipinski definition) is 1. The van der Waals surface area contributed by atoms with E-state index in [9.17, 15) is 4.79 Å². The largest absolute Gasteiger partial charge is 0.481 e. The summed E-state index contributed by atoms with van der Waals surface area (Å²) in [5.74, 6) is -0.313. The topological polar surface area (TPSA) is 46.5 Å². The Hall–Kier alpha value is -1.09. The van der Waals surface area contributed by atoms with Crippen molar-refractivity contribution >= 4 is 5.97 Å². The predicted molar refractivity (Wildman–Crippen MR) is 100 cm³/mol. The Labute approximate surface area is 148 Å². The molecule has 0 saturated carbocycles. The van der Waals surface area contributed by atoms with Crippen molar-refractivity contribution in [2.75, 3.05) is 0 Å². The average Bonchev–Trinajstić information content (AvgIpc) is 2.54. The molecule has 3 heteroatoms. The summed E-state index contributed by atoms with van der Waals surface area (Å²) in [6, 6.07) is 0. The molecule has 1 fully saturated rings. The zero-order valence-corrected chi connectivity index (χ0v) is 15.8. The molecule has 0 radical (unpaired) electrons. The van der Waals surface area contributed by atoms with Crippen molar-refractivity contribution in [3.8, 4) is 0 Å². The van der Waals surface area contributed by atoms with Gasteiger partial charge in [-0.15, -0.1) is 0 Å². The summed E-state index contributed by atoms with van der Waals surface area (Å²) in [5, 5.41) is 8.94. The molecular weight excluding hydrogens is 300 g/mol. The van der Waals surface area contributed by atoms with E-state index in [0.29, 0.717) is 5.92 Å². The average molecular weight is 337 g/mol. The normalized spacial score (nSPS) is 25.3. The van der Waals surface area contributed by atoms with Gasteiger partial charge in [0.2, 0.25) is 0 Å². The third-order valence-electron chi connectivity index (χ3n) is 4.87. The molecule has 0 aromatic heterocycles. The smallest absolute Gasteiger partial charge is 0.305 e. The van der Waals surface area contributed by atoms with Crippen LogP contribution in [0.1, 0.15) is 85.0 Å². The summed E-state index contributed by atoms with van der Waals surface area (Å²) in [6.45, 7) is 6.54. The van der Waals surface area contributed by atoms with Crippen LogP contribution in [-0.2, 0) is 9.53 Å². The highest BCUT2D eigenvalue weighted by Gasteiger charge is 2.30. The van der Waals surface area contributed by atoms with Crippen molar-refractivity contribution in [2.45, 2.75) is 97.2 Å². The molecule has 1 aliphatic heterocycles. The Morgan fingerprint density at radius 1 is 1.17 bits per heavy atom. The van der Waals surface area contributed by atoms with Crippen molar-refractivity contribution in [1.82, 2.24) is 0 Å². The zero-order valence-electron chi connectivity index (χ0n) is 15.8. The molecule has 0 aromatic rings. The summed E-state index contributed by atoms with van der Waals surface area (Å²) in [4.78, 5) is 10.9. The Morgan fingerprint density at radius 2 is 1.88 bits per heavy atom. The first-order chi connectivity index (χ1) is 11.5. The van der Waals surface area contributed by atoms with E-state index >= 15 is 0 Å². The van der Waals surface area contributed by atoms with Gasteiger partial charge in [-0.2, -0.15) is 0 Å². The summed E-state index contributed by atoms with van der Waals surface area (Å²) < 4.78 is 6.02. The summed E-state index contributed by atoms with van der Waals surface area (Å²) in [5.41, 5.74) is 1.21. The van der Waals surface area contributed by atoms with Gasteiger partial charge in [0, 0.05) is 0 Å². The summed E-state index contributed by atoms with van der Waals surface area (Å²) in [7, 11) is 0. The number of aliphatic carboxylic acids is 1. The van der Waals surface area contributed by atoms with Gasteiger partial charge in [-0.05, 0) is 44.1 Å². The van der Waals surface area contributed by atoms with Gasteiger partial charge in [-0.3, -0.25) is 4.79 Å². The molecule has 1 N–H and O–H groups in total. The maximum absolute atomic E-state index is 10.9. The Kier molecular flexibility index (Phi) is 10.7. The molecule has 0 aromatic carbocycles. The summed E-state index contributed by atoms with van der Waals surface area (Å²) in [6.07, 6.45) is 17.6. The van der Waals surface area contributed by atoms with Crippen molar-refractivity contribution in [1.29, 1.82) is 0 Å². The van der Waals surface area contributed by atoms with E-state index in [2.05, 4.69) is 39.0 Å². The SMILES string of the molecule is CCCCCCCC/C=C/C=C(\C)[C@H]1O[C@@H](CC(=O)O)CC[C@@H]1C. The van der Waals surface area contributed by atoms with Gasteiger partial charge in [-0.1, -0.05) is 64.2 Å². The zero-order chi connectivity index (χ0) is 17.8. The minimum Gasteiger partial charge on any atom is -0.481 e. The monoisotopic (exact) mass is 336 g/mol. The number of carboxylic acids is 1. The number of carboxylic acid groups (broad SMARTS) is 1. The lowest BCUT2D eigenvalue weighted by Gasteiger charge is -2.35. The lowest BCUT2D eigenvalue weighted by atomic mass is 9.88. The highest BCUT2D eigenvalue weighted by atomic mass is 16.5. The van der Waals surface area contributed by atoms with E-state index in [1.807, 2.05) is 0 Å². The van der Waals surface area contributed by atoms with Gasteiger partial charge < -0.3 is 9.84 Å². The van der Waals surface area contributed by atoms with Gasteiger partial charge in [0.15, 0.2) is 0 Å². The van der Waals surface area contributed by atoms with E-state index in [4.69, 9.17) is 9.84 Å². The second-order valence-electron chi connectivity index (χ2n) is 7.23. The van der Waals surface area contributed by atoms with E-state index in [1.54, 1.807) is 0 Å². The molecule has 0 bridgehead atoms. The van der Waals surface area contributed by atoms with Gasteiger partial charge in [-0.25, -0.2) is 0 Å². The molecular formula is C21H36O3.